The zero-order valence-electron chi connectivity index (χ0n) is 19.6. The van der Waals surface area contributed by atoms with E-state index in [4.69, 9.17) is 4.74 Å². The van der Waals surface area contributed by atoms with E-state index in [1.807, 2.05) is 30.5 Å². The lowest BCUT2D eigenvalue weighted by Crippen LogP contribution is -2.30. The van der Waals surface area contributed by atoms with Gasteiger partial charge in [-0.25, -0.2) is 23.1 Å². The van der Waals surface area contributed by atoms with Gasteiger partial charge in [-0.15, -0.1) is 0 Å². The van der Waals surface area contributed by atoms with Gasteiger partial charge in [-0.1, -0.05) is 36.9 Å². The van der Waals surface area contributed by atoms with Crippen LogP contribution < -0.4 is 20.1 Å². The predicted molar refractivity (Wildman–Crippen MR) is 139 cm³/mol. The van der Waals surface area contributed by atoms with Gasteiger partial charge in [0.25, 0.3) is 0 Å². The van der Waals surface area contributed by atoms with Crippen LogP contribution in [0.5, 0.6) is 11.6 Å². The third kappa shape index (κ3) is 6.75. The van der Waals surface area contributed by atoms with E-state index in [1.165, 1.54) is 12.3 Å². The third-order valence-corrected chi connectivity index (χ3v) is 5.86. The number of ether oxygens (including phenoxy) is 1. The summed E-state index contributed by atoms with van der Waals surface area (Å²) in [4.78, 5) is 23.7. The van der Waals surface area contributed by atoms with Crippen molar-refractivity contribution < 1.29 is 17.9 Å². The normalized spacial score (nSPS) is 11.4. The number of amides is 1. The highest BCUT2D eigenvalue weighted by Gasteiger charge is 2.11. The van der Waals surface area contributed by atoms with Crippen LogP contribution >= 0.6 is 0 Å². The summed E-state index contributed by atoms with van der Waals surface area (Å²) in [6.07, 6.45) is 5.72. The Morgan fingerprint density at radius 2 is 1.97 bits per heavy atom. The molecule has 0 aliphatic carbocycles. The maximum absolute atomic E-state index is 11.6. The first-order chi connectivity index (χ1) is 17.3. The second-order valence-electron chi connectivity index (χ2n) is 7.97. The molecule has 0 radical (unpaired) electrons. The van der Waals surface area contributed by atoms with Crippen LogP contribution in [0.4, 0.5) is 5.69 Å². The lowest BCUT2D eigenvalue weighted by atomic mass is 10.1. The molecule has 10 nitrogen and oxygen atoms in total. The molecule has 11 heteroatoms. The number of H-pyrrole nitrogens is 1. The Labute approximate surface area is 208 Å². The van der Waals surface area contributed by atoms with E-state index in [9.17, 15) is 13.2 Å². The summed E-state index contributed by atoms with van der Waals surface area (Å²) in [6, 6.07) is 15.0. The number of nitrogens with zero attached hydrogens (tertiary/aromatic N) is 2. The molecule has 0 saturated carbocycles. The van der Waals surface area contributed by atoms with E-state index in [1.54, 1.807) is 24.3 Å². The molecule has 0 spiro atoms. The number of aromatic nitrogens is 3. The first-order valence-electron chi connectivity index (χ1n) is 11.1. The standard InChI is InChI=1S/C25H26N6O4S/c1-3-22(32)30-19-5-4-6-20(13-19)35-23-16-28-25-24(31-23)21(15-27-25)18-9-7-17(8-10-18)14-26-11-12-29-36(2,33)34/h3-10,13,15-16,26,29H,1,11-12,14H2,2H3,(H,27,28)(H,30,32). The van der Waals surface area contributed by atoms with Gasteiger partial charge in [0.15, 0.2) is 5.65 Å². The van der Waals surface area contributed by atoms with Gasteiger partial charge >= 0.3 is 0 Å². The smallest absolute Gasteiger partial charge is 0.247 e. The molecule has 4 N–H and O–H groups in total. The van der Waals surface area contributed by atoms with Crippen LogP contribution in [-0.4, -0.2) is 48.6 Å². The molecular weight excluding hydrogens is 480 g/mol. The van der Waals surface area contributed by atoms with Gasteiger partial charge < -0.3 is 20.4 Å². The summed E-state index contributed by atoms with van der Waals surface area (Å²) < 4.78 is 30.5. The van der Waals surface area contributed by atoms with Crippen molar-refractivity contribution in [2.45, 2.75) is 6.54 Å². The van der Waals surface area contributed by atoms with Crippen molar-refractivity contribution in [2.75, 3.05) is 24.7 Å². The number of aromatic amines is 1. The zero-order valence-corrected chi connectivity index (χ0v) is 20.4. The fourth-order valence-corrected chi connectivity index (χ4v) is 3.93. The van der Waals surface area contributed by atoms with Gasteiger partial charge in [-0.3, -0.25) is 4.79 Å². The SMILES string of the molecule is C=CC(=O)Nc1cccc(Oc2cnc3[nH]cc(-c4ccc(CNCCNS(C)(=O)=O)cc4)c3n2)c1. The minimum atomic E-state index is -3.18. The molecule has 2 heterocycles. The van der Waals surface area contributed by atoms with Crippen LogP contribution in [0.15, 0.2) is 73.6 Å². The molecule has 36 heavy (non-hydrogen) atoms. The summed E-state index contributed by atoms with van der Waals surface area (Å²) in [6.45, 7) is 4.93. The number of rotatable bonds is 11. The third-order valence-electron chi connectivity index (χ3n) is 5.13. The summed E-state index contributed by atoms with van der Waals surface area (Å²) >= 11 is 0. The molecule has 0 aliphatic rings. The molecule has 4 rings (SSSR count). The maximum Gasteiger partial charge on any atom is 0.247 e. The molecule has 2 aromatic heterocycles. The lowest BCUT2D eigenvalue weighted by Gasteiger charge is -2.08. The van der Waals surface area contributed by atoms with Crippen molar-refractivity contribution in [3.63, 3.8) is 0 Å². The van der Waals surface area contributed by atoms with E-state index < -0.39 is 10.0 Å². The van der Waals surface area contributed by atoms with E-state index in [2.05, 4.69) is 36.9 Å². The highest BCUT2D eigenvalue weighted by Crippen LogP contribution is 2.29. The van der Waals surface area contributed by atoms with Crippen molar-refractivity contribution in [1.82, 2.24) is 25.0 Å². The molecule has 0 fully saturated rings. The lowest BCUT2D eigenvalue weighted by molar-refractivity contribution is -0.111. The van der Waals surface area contributed by atoms with Crippen molar-refractivity contribution in [2.24, 2.45) is 0 Å². The average molecular weight is 507 g/mol. The first-order valence-corrected chi connectivity index (χ1v) is 13.0. The molecule has 0 bridgehead atoms. The van der Waals surface area contributed by atoms with E-state index in [-0.39, 0.29) is 5.91 Å². The molecule has 1 amide bonds. The monoisotopic (exact) mass is 506 g/mol. The molecule has 2 aromatic carbocycles. The number of sulfonamides is 1. The van der Waals surface area contributed by atoms with Gasteiger partial charge in [0.05, 0.1) is 12.5 Å². The summed E-state index contributed by atoms with van der Waals surface area (Å²) in [5.41, 5.74) is 4.79. The molecular formula is C25H26N6O4S. The Bertz CT molecular complexity index is 1480. The number of hydrogen-bond donors (Lipinski definition) is 4. The van der Waals surface area contributed by atoms with Crippen LogP contribution in [0.1, 0.15) is 5.56 Å². The largest absolute Gasteiger partial charge is 0.437 e. The maximum atomic E-state index is 11.6. The summed E-state index contributed by atoms with van der Waals surface area (Å²) in [5.74, 6) is 0.515. The number of carbonyl (C=O) groups is 1. The average Bonchev–Trinajstić information content (AvgIpc) is 3.27. The van der Waals surface area contributed by atoms with Crippen LogP contribution in [0, 0.1) is 0 Å². The van der Waals surface area contributed by atoms with Gasteiger partial charge in [-0.2, -0.15) is 0 Å². The second-order valence-corrected chi connectivity index (χ2v) is 9.80. The van der Waals surface area contributed by atoms with Crippen LogP contribution in [0.3, 0.4) is 0 Å². The van der Waals surface area contributed by atoms with Crippen LogP contribution in [0.2, 0.25) is 0 Å². The Morgan fingerprint density at radius 3 is 2.72 bits per heavy atom. The molecule has 0 unspecified atom stereocenters. The van der Waals surface area contributed by atoms with Crippen molar-refractivity contribution in [3.05, 3.63) is 79.1 Å². The summed E-state index contributed by atoms with van der Waals surface area (Å²) in [5, 5.41) is 5.90. The second kappa shape index (κ2) is 11.1. The number of nitrogens with one attached hydrogen (secondary N) is 4. The number of hydrogen-bond acceptors (Lipinski definition) is 7. The summed E-state index contributed by atoms with van der Waals surface area (Å²) in [7, 11) is -3.18. The number of fused-ring (bicyclic) bond motifs is 1. The molecule has 0 saturated heterocycles. The topological polar surface area (TPSA) is 138 Å². The van der Waals surface area contributed by atoms with Gasteiger partial charge in [0.1, 0.15) is 11.3 Å². The van der Waals surface area contributed by atoms with E-state index >= 15 is 0 Å². The quantitative estimate of drug-likeness (QED) is 0.181. The molecule has 4 aromatic rings. The van der Waals surface area contributed by atoms with Crippen LogP contribution in [0.25, 0.3) is 22.3 Å². The van der Waals surface area contributed by atoms with Gasteiger partial charge in [-0.05, 0) is 29.3 Å². The Morgan fingerprint density at radius 1 is 1.17 bits per heavy atom. The van der Waals surface area contributed by atoms with Crippen molar-refractivity contribution in [3.8, 4) is 22.8 Å². The Hall–Kier alpha value is -4.06. The highest BCUT2D eigenvalue weighted by atomic mass is 32.2. The fourth-order valence-electron chi connectivity index (χ4n) is 3.46. The predicted octanol–water partition coefficient (Wildman–Crippen LogP) is 3.18. The highest BCUT2D eigenvalue weighted by molar-refractivity contribution is 7.88. The van der Waals surface area contributed by atoms with Crippen molar-refractivity contribution in [1.29, 1.82) is 0 Å². The van der Waals surface area contributed by atoms with Crippen molar-refractivity contribution >= 4 is 32.8 Å². The Balaban J connectivity index is 1.44. The minimum absolute atomic E-state index is 0.309. The molecule has 0 atom stereocenters. The molecule has 0 aliphatic heterocycles. The fraction of sp³-hybridized carbons (Fsp3) is 0.160. The van der Waals surface area contributed by atoms with E-state index in [0.717, 1.165) is 22.9 Å². The Kier molecular flexibility index (Phi) is 7.74. The zero-order chi connectivity index (χ0) is 25.5. The number of anilines is 1. The minimum Gasteiger partial charge on any atom is -0.437 e. The van der Waals surface area contributed by atoms with Gasteiger partial charge in [0.2, 0.25) is 21.8 Å². The van der Waals surface area contributed by atoms with Gasteiger partial charge in [0, 0.05) is 43.1 Å². The number of carbonyl (C=O) groups excluding carboxylic acids is 1. The molecule has 186 valence electrons. The van der Waals surface area contributed by atoms with Crippen LogP contribution in [-0.2, 0) is 21.4 Å². The first kappa shape index (κ1) is 25.0. The van der Waals surface area contributed by atoms with E-state index in [0.29, 0.717) is 48.1 Å². The number of benzene rings is 2.